The highest BCUT2D eigenvalue weighted by Crippen LogP contribution is 2.46. The highest BCUT2D eigenvalue weighted by atomic mass is 32.2. The van der Waals surface area contributed by atoms with Crippen LogP contribution in [-0.2, 0) is 4.79 Å². The first-order chi connectivity index (χ1) is 11.1. The predicted molar refractivity (Wildman–Crippen MR) is 90.6 cm³/mol. The van der Waals surface area contributed by atoms with Crippen molar-refractivity contribution in [1.29, 1.82) is 0 Å². The third-order valence-electron chi connectivity index (χ3n) is 5.35. The van der Waals surface area contributed by atoms with E-state index >= 15 is 0 Å². The van der Waals surface area contributed by atoms with Gasteiger partial charge in [0.2, 0.25) is 5.91 Å². The number of rotatable bonds is 5. The van der Waals surface area contributed by atoms with E-state index in [4.69, 9.17) is 0 Å². The number of thioether (sulfide) groups is 1. The molecule has 2 heterocycles. The highest BCUT2D eigenvalue weighted by molar-refractivity contribution is 7.99. The molecule has 3 fully saturated rings. The molecule has 1 saturated heterocycles. The smallest absolute Gasteiger partial charge is 0.233 e. The van der Waals surface area contributed by atoms with Gasteiger partial charge in [0, 0.05) is 24.0 Å². The minimum atomic E-state index is 0.257. The molecule has 0 aromatic carbocycles. The van der Waals surface area contributed by atoms with Gasteiger partial charge in [-0.3, -0.25) is 4.79 Å². The summed E-state index contributed by atoms with van der Waals surface area (Å²) in [6.45, 7) is 4.35. The van der Waals surface area contributed by atoms with E-state index < -0.39 is 0 Å². The molecule has 5 nitrogen and oxygen atoms in total. The fourth-order valence-electron chi connectivity index (χ4n) is 3.80. The molecule has 1 aromatic rings. The first-order valence-corrected chi connectivity index (χ1v) is 10.0. The van der Waals surface area contributed by atoms with Gasteiger partial charge in [-0.15, -0.1) is 10.2 Å². The summed E-state index contributed by atoms with van der Waals surface area (Å²) in [4.78, 5) is 14.8. The molecule has 2 atom stereocenters. The summed E-state index contributed by atoms with van der Waals surface area (Å²) in [5.41, 5.74) is 0. The number of amides is 1. The van der Waals surface area contributed by atoms with E-state index in [-0.39, 0.29) is 5.91 Å². The minimum absolute atomic E-state index is 0.257. The maximum atomic E-state index is 12.7. The molecule has 2 aliphatic carbocycles. The second-order valence-electron chi connectivity index (χ2n) is 7.43. The Morgan fingerprint density at radius 2 is 1.78 bits per heavy atom. The van der Waals surface area contributed by atoms with Gasteiger partial charge in [0.1, 0.15) is 5.82 Å². The van der Waals surface area contributed by atoms with Crippen molar-refractivity contribution in [1.82, 2.24) is 19.7 Å². The predicted octanol–water partition coefficient (Wildman–Crippen LogP) is 3.37. The Morgan fingerprint density at radius 3 is 2.39 bits per heavy atom. The molecule has 2 unspecified atom stereocenters. The average Bonchev–Trinajstić information content (AvgIpc) is 3.43. The second-order valence-corrected chi connectivity index (χ2v) is 8.38. The third kappa shape index (κ3) is 3.14. The van der Waals surface area contributed by atoms with Crippen LogP contribution in [0.2, 0.25) is 0 Å². The quantitative estimate of drug-likeness (QED) is 0.775. The summed E-state index contributed by atoms with van der Waals surface area (Å²) in [7, 11) is 0. The van der Waals surface area contributed by atoms with Crippen LogP contribution in [0.5, 0.6) is 0 Å². The van der Waals surface area contributed by atoms with Gasteiger partial charge < -0.3 is 9.47 Å². The summed E-state index contributed by atoms with van der Waals surface area (Å²) in [5, 5.41) is 9.78. The van der Waals surface area contributed by atoms with Crippen LogP contribution in [-0.4, -0.2) is 43.4 Å². The van der Waals surface area contributed by atoms with Gasteiger partial charge in [-0.1, -0.05) is 11.8 Å². The highest BCUT2D eigenvalue weighted by Gasteiger charge is 2.37. The average molecular weight is 334 g/mol. The van der Waals surface area contributed by atoms with Crippen LogP contribution < -0.4 is 0 Å². The zero-order valence-corrected chi connectivity index (χ0v) is 14.9. The van der Waals surface area contributed by atoms with Crippen molar-refractivity contribution >= 4 is 17.7 Å². The number of carbonyl (C=O) groups excluding carboxylic acids is 1. The lowest BCUT2D eigenvalue weighted by molar-refractivity contribution is -0.134. The minimum Gasteiger partial charge on any atom is -0.337 e. The molecule has 1 aliphatic heterocycles. The molecule has 3 aliphatic rings. The maximum Gasteiger partial charge on any atom is 0.233 e. The summed E-state index contributed by atoms with van der Waals surface area (Å²) < 4.78 is 2.33. The summed E-state index contributed by atoms with van der Waals surface area (Å²) >= 11 is 1.59. The van der Waals surface area contributed by atoms with Gasteiger partial charge in [0.15, 0.2) is 5.16 Å². The zero-order valence-electron chi connectivity index (χ0n) is 14.1. The van der Waals surface area contributed by atoms with Crippen LogP contribution in [0.3, 0.4) is 0 Å². The fraction of sp³-hybridized carbons (Fsp3) is 0.824. The summed E-state index contributed by atoms with van der Waals surface area (Å²) in [6.07, 6.45) is 8.46. The van der Waals surface area contributed by atoms with Crippen molar-refractivity contribution < 1.29 is 4.79 Å². The Morgan fingerprint density at radius 1 is 1.09 bits per heavy atom. The van der Waals surface area contributed by atoms with Gasteiger partial charge in [-0.25, -0.2) is 0 Å². The first kappa shape index (κ1) is 15.5. The molecule has 0 radical (unpaired) electrons. The van der Waals surface area contributed by atoms with Gasteiger partial charge >= 0.3 is 0 Å². The van der Waals surface area contributed by atoms with Crippen LogP contribution in [0.15, 0.2) is 5.16 Å². The van der Waals surface area contributed by atoms with Gasteiger partial charge in [0.25, 0.3) is 0 Å². The monoisotopic (exact) mass is 334 g/mol. The number of hydrogen-bond donors (Lipinski definition) is 0. The Labute approximate surface area is 142 Å². The van der Waals surface area contributed by atoms with E-state index in [1.165, 1.54) is 37.9 Å². The van der Waals surface area contributed by atoms with Crippen LogP contribution in [0.25, 0.3) is 0 Å². The number of carbonyl (C=O) groups is 1. The second kappa shape index (κ2) is 6.11. The van der Waals surface area contributed by atoms with E-state index in [2.05, 4.69) is 33.5 Å². The van der Waals surface area contributed by atoms with Crippen molar-refractivity contribution in [2.24, 2.45) is 0 Å². The van der Waals surface area contributed by atoms with E-state index in [9.17, 15) is 4.79 Å². The lowest BCUT2D eigenvalue weighted by Crippen LogP contribution is -2.48. The standard InChI is InChI=1S/C17H26N4OS/c1-11-4-3-5-12(2)20(11)15(22)10-23-17-19-18-16(13-6-7-13)21(17)14-8-9-14/h11-14H,3-10H2,1-2H3. The maximum absolute atomic E-state index is 12.7. The summed E-state index contributed by atoms with van der Waals surface area (Å²) in [6, 6.07) is 1.33. The molecule has 4 rings (SSSR count). The molecule has 126 valence electrons. The van der Waals surface area contributed by atoms with E-state index in [0.29, 0.717) is 29.8 Å². The Balaban J connectivity index is 1.43. The Kier molecular flexibility index (Phi) is 4.12. The van der Waals surface area contributed by atoms with Crippen molar-refractivity contribution in [3.8, 4) is 0 Å². The lowest BCUT2D eigenvalue weighted by atomic mass is 9.98. The van der Waals surface area contributed by atoms with Crippen LogP contribution in [0.1, 0.15) is 76.6 Å². The molecule has 1 amide bonds. The topological polar surface area (TPSA) is 51.0 Å². The van der Waals surface area contributed by atoms with Crippen molar-refractivity contribution in [3.05, 3.63) is 5.82 Å². The van der Waals surface area contributed by atoms with E-state index in [1.54, 1.807) is 11.8 Å². The van der Waals surface area contributed by atoms with Gasteiger partial charge in [-0.05, 0) is 58.8 Å². The van der Waals surface area contributed by atoms with Gasteiger partial charge in [-0.2, -0.15) is 0 Å². The summed E-state index contributed by atoms with van der Waals surface area (Å²) in [5.74, 6) is 2.54. The third-order valence-corrected chi connectivity index (χ3v) is 6.28. The molecule has 0 bridgehead atoms. The van der Waals surface area contributed by atoms with Crippen molar-refractivity contribution in [2.75, 3.05) is 5.75 Å². The number of aromatic nitrogens is 3. The molecule has 0 N–H and O–H groups in total. The largest absolute Gasteiger partial charge is 0.337 e. The molecule has 1 aromatic heterocycles. The molecule has 23 heavy (non-hydrogen) atoms. The Bertz CT molecular complexity index is 583. The van der Waals surface area contributed by atoms with Crippen molar-refractivity contribution in [3.63, 3.8) is 0 Å². The Hall–Kier alpha value is -1.04. The zero-order chi connectivity index (χ0) is 16.0. The first-order valence-electron chi connectivity index (χ1n) is 9.04. The molecular formula is C17H26N4OS. The normalized spacial score (nSPS) is 28.2. The van der Waals surface area contributed by atoms with Crippen LogP contribution in [0.4, 0.5) is 0 Å². The SMILES string of the molecule is CC1CCCC(C)N1C(=O)CSc1nnc(C2CC2)n1C1CC1. The van der Waals surface area contributed by atoms with Crippen LogP contribution in [0, 0.1) is 0 Å². The molecule has 2 saturated carbocycles. The molecule has 0 spiro atoms. The molecule has 6 heteroatoms. The van der Waals surface area contributed by atoms with Crippen molar-refractivity contribution in [2.45, 2.75) is 88.0 Å². The number of hydrogen-bond acceptors (Lipinski definition) is 4. The number of nitrogens with zero attached hydrogens (tertiary/aromatic N) is 4. The van der Waals surface area contributed by atoms with Gasteiger partial charge in [0.05, 0.1) is 5.75 Å². The van der Waals surface area contributed by atoms with Crippen LogP contribution >= 0.6 is 11.8 Å². The number of piperidine rings is 1. The van der Waals surface area contributed by atoms with E-state index in [1.807, 2.05) is 0 Å². The fourth-order valence-corrected chi connectivity index (χ4v) is 4.68. The number of likely N-dealkylation sites (tertiary alicyclic amines) is 1. The van der Waals surface area contributed by atoms with E-state index in [0.717, 1.165) is 18.0 Å². The molecular weight excluding hydrogens is 308 g/mol. The lowest BCUT2D eigenvalue weighted by Gasteiger charge is -2.39.